The number of nitrogens with one attached hydrogen (secondary N) is 3. The molecule has 0 radical (unpaired) electrons. The lowest BCUT2D eigenvalue weighted by Gasteiger charge is -2.16. The quantitative estimate of drug-likeness (QED) is 0.0205. The molecule has 0 aromatic heterocycles. The van der Waals surface area contributed by atoms with E-state index in [0.717, 1.165) is 0 Å². The molecule has 6 aromatic rings. The van der Waals surface area contributed by atoms with Gasteiger partial charge in [-0.25, -0.2) is 4.79 Å². The van der Waals surface area contributed by atoms with E-state index in [1.54, 1.807) is 60.7 Å². The maximum Gasteiger partial charge on any atom is 0.341 e. The largest absolute Gasteiger partial charge is 0.496 e. The summed E-state index contributed by atoms with van der Waals surface area (Å²) in [6.45, 7) is 0.875. The molecule has 3 amide bonds. The average Bonchev–Trinajstić information content (AvgIpc) is 3.41. The molecule has 0 aliphatic heterocycles. The number of ether oxygens (including phenoxy) is 7. The second kappa shape index (κ2) is 25.9. The van der Waals surface area contributed by atoms with Gasteiger partial charge in [-0.3, -0.25) is 24.0 Å². The summed E-state index contributed by atoms with van der Waals surface area (Å²) < 4.78 is 38.5. The Morgan fingerprint density at radius 2 is 0.743 bits per heavy atom. The minimum Gasteiger partial charge on any atom is -0.496 e. The molecule has 0 bridgehead atoms. The van der Waals surface area contributed by atoms with Crippen molar-refractivity contribution < 1.29 is 61.9 Å². The molecule has 0 unspecified atom stereocenters. The van der Waals surface area contributed by atoms with Crippen LogP contribution in [0.25, 0.3) is 0 Å². The minimum absolute atomic E-state index is 0.0706. The molecule has 0 aliphatic rings. The van der Waals surface area contributed by atoms with E-state index in [9.17, 15) is 28.8 Å². The van der Waals surface area contributed by atoms with Gasteiger partial charge in [0.15, 0.2) is 11.6 Å². The molecular formula is C54H57N7O13. The molecule has 6 aromatic carbocycles. The van der Waals surface area contributed by atoms with Crippen molar-refractivity contribution in [2.24, 2.45) is 17.2 Å². The molecule has 0 aliphatic carbocycles. The Morgan fingerprint density at radius 1 is 0.405 bits per heavy atom. The summed E-state index contributed by atoms with van der Waals surface area (Å²) in [5, 5.41) is 8.36. The Hall–Kier alpha value is -8.98. The predicted octanol–water partition coefficient (Wildman–Crippen LogP) is 5.70. The maximum atomic E-state index is 14.2. The van der Waals surface area contributed by atoms with Crippen molar-refractivity contribution in [2.75, 3.05) is 89.6 Å². The second-order valence-electron chi connectivity index (χ2n) is 16.1. The summed E-state index contributed by atoms with van der Waals surface area (Å²) in [7, 11) is 5.43. The SMILES string of the molecule is COC(=O)c1cc(NC(=O)c2cc(CC(=O)c3cc(NC(=O)c4cc(CC(=O)c5cc(NC(=O)c6cc(N)ccc6OC)ccc5OCCN)ccc4OC)ccc3OCCN)ccc2OC)ccc1OCCN. The first-order valence-electron chi connectivity index (χ1n) is 23.0. The number of Topliss-reactive ketones (excluding diaryl/α,β-unsaturated/α-hetero) is 2. The van der Waals surface area contributed by atoms with E-state index < -0.39 is 35.3 Å². The highest BCUT2D eigenvalue weighted by atomic mass is 16.5. The van der Waals surface area contributed by atoms with E-state index in [4.69, 9.17) is 56.1 Å². The second-order valence-corrected chi connectivity index (χ2v) is 16.1. The van der Waals surface area contributed by atoms with Gasteiger partial charge < -0.3 is 72.0 Å². The third kappa shape index (κ3) is 13.7. The monoisotopic (exact) mass is 1010 g/mol. The number of carbonyl (C=O) groups excluding carboxylic acids is 6. The molecule has 11 N–H and O–H groups in total. The Balaban J connectivity index is 1.22. The average molecular weight is 1010 g/mol. The Morgan fingerprint density at radius 3 is 1.11 bits per heavy atom. The van der Waals surface area contributed by atoms with Crippen LogP contribution in [0.1, 0.15) is 73.3 Å². The topological polar surface area (TPSA) is 307 Å². The number of nitrogen functional groups attached to an aromatic ring is 1. The molecule has 0 saturated carbocycles. The summed E-state index contributed by atoms with van der Waals surface area (Å²) in [5.74, 6) is -1.90. The number of ketones is 2. The number of amides is 3. The zero-order chi connectivity index (χ0) is 53.3. The van der Waals surface area contributed by atoms with Crippen molar-refractivity contribution in [1.82, 2.24) is 0 Å². The van der Waals surface area contributed by atoms with Crippen LogP contribution in [0.3, 0.4) is 0 Å². The summed E-state index contributed by atoms with van der Waals surface area (Å²) >= 11 is 0. The molecule has 0 heterocycles. The summed E-state index contributed by atoms with van der Waals surface area (Å²) in [4.78, 5) is 81.9. The van der Waals surface area contributed by atoms with Crippen LogP contribution in [0.15, 0.2) is 109 Å². The van der Waals surface area contributed by atoms with Gasteiger partial charge in [0.2, 0.25) is 0 Å². The lowest BCUT2D eigenvalue weighted by molar-refractivity contribution is 0.0595. The van der Waals surface area contributed by atoms with E-state index >= 15 is 0 Å². The normalized spacial score (nSPS) is 10.6. The van der Waals surface area contributed by atoms with Gasteiger partial charge in [-0.15, -0.1) is 0 Å². The molecular weight excluding hydrogens is 955 g/mol. The number of esters is 1. The van der Waals surface area contributed by atoms with Crippen molar-refractivity contribution in [3.63, 3.8) is 0 Å². The van der Waals surface area contributed by atoms with Crippen LogP contribution < -0.4 is 67.3 Å². The molecule has 386 valence electrons. The first-order chi connectivity index (χ1) is 35.7. The smallest absolute Gasteiger partial charge is 0.341 e. The van der Waals surface area contributed by atoms with Crippen molar-refractivity contribution in [3.05, 3.63) is 154 Å². The Kier molecular flexibility index (Phi) is 19.0. The molecule has 0 atom stereocenters. The lowest BCUT2D eigenvalue weighted by atomic mass is 9.98. The van der Waals surface area contributed by atoms with Crippen LogP contribution in [-0.4, -0.2) is 103 Å². The van der Waals surface area contributed by atoms with Crippen LogP contribution in [0.4, 0.5) is 22.7 Å². The van der Waals surface area contributed by atoms with E-state index in [-0.39, 0.29) is 131 Å². The molecule has 20 heteroatoms. The predicted molar refractivity (Wildman–Crippen MR) is 278 cm³/mol. The van der Waals surface area contributed by atoms with Crippen molar-refractivity contribution >= 4 is 58.0 Å². The first-order valence-corrected chi connectivity index (χ1v) is 23.0. The molecule has 74 heavy (non-hydrogen) atoms. The summed E-state index contributed by atoms with van der Waals surface area (Å²) in [5.41, 5.74) is 25.6. The van der Waals surface area contributed by atoms with Crippen LogP contribution in [0.5, 0.6) is 34.5 Å². The van der Waals surface area contributed by atoms with Crippen molar-refractivity contribution in [3.8, 4) is 34.5 Å². The fraction of sp³-hybridized carbons (Fsp3) is 0.222. The number of anilines is 4. The Labute approximate surface area is 426 Å². The zero-order valence-corrected chi connectivity index (χ0v) is 41.2. The third-order valence-electron chi connectivity index (χ3n) is 11.1. The first kappa shape index (κ1) is 54.4. The minimum atomic E-state index is -0.686. The summed E-state index contributed by atoms with van der Waals surface area (Å²) in [6, 6.07) is 27.6. The molecule has 20 nitrogen and oxygen atoms in total. The molecule has 0 spiro atoms. The van der Waals surface area contributed by atoms with Crippen LogP contribution in [0, 0.1) is 0 Å². The number of methoxy groups -OCH3 is 4. The van der Waals surface area contributed by atoms with E-state index in [1.165, 1.54) is 77.0 Å². The number of rotatable bonds is 25. The number of carbonyl (C=O) groups is 6. The third-order valence-corrected chi connectivity index (χ3v) is 11.1. The van der Waals surface area contributed by atoms with E-state index in [0.29, 0.717) is 22.6 Å². The number of hydrogen-bond acceptors (Lipinski definition) is 17. The van der Waals surface area contributed by atoms with Crippen molar-refractivity contribution in [2.45, 2.75) is 12.8 Å². The van der Waals surface area contributed by atoms with Crippen LogP contribution >= 0.6 is 0 Å². The number of hydrogen-bond donors (Lipinski definition) is 7. The highest BCUT2D eigenvalue weighted by molar-refractivity contribution is 6.10. The zero-order valence-electron chi connectivity index (χ0n) is 41.2. The van der Waals surface area contributed by atoms with Crippen molar-refractivity contribution in [1.29, 1.82) is 0 Å². The van der Waals surface area contributed by atoms with Gasteiger partial charge in [0.05, 0.1) is 56.3 Å². The van der Waals surface area contributed by atoms with Gasteiger partial charge in [-0.05, 0) is 108 Å². The van der Waals surface area contributed by atoms with Crippen LogP contribution in [-0.2, 0) is 17.6 Å². The standard InChI is InChI=1S/C54H57N7O13/c1-68-45-11-5-31(25-44(63)38-29-35(9-15-49(38)73-21-18-56)60-53(66)41-27-33(58)7-13-47(41)70-3)23-39(45)51(64)59-34-8-14-48(72-20-17-55)37(28-34)43(62)26-32-6-12-46(69-2)40(24-32)52(65)61-36-10-16-50(74-22-19-57)42(30-36)54(67)71-4/h5-16,23-24,27-30H,17-22,25-26,55-58H2,1-4H3,(H,59,64)(H,60,66)(H,61,65). The van der Waals surface area contributed by atoms with E-state index in [2.05, 4.69) is 16.0 Å². The van der Waals surface area contributed by atoms with E-state index in [1.807, 2.05) is 0 Å². The van der Waals surface area contributed by atoms with Gasteiger partial charge in [0, 0.05) is 55.2 Å². The van der Waals surface area contributed by atoms with Gasteiger partial charge in [0.25, 0.3) is 17.7 Å². The molecule has 0 saturated heterocycles. The maximum absolute atomic E-state index is 14.2. The van der Waals surface area contributed by atoms with Crippen LogP contribution in [0.2, 0.25) is 0 Å². The number of benzene rings is 6. The van der Waals surface area contributed by atoms with Gasteiger partial charge >= 0.3 is 5.97 Å². The van der Waals surface area contributed by atoms with Gasteiger partial charge in [0.1, 0.15) is 59.9 Å². The fourth-order valence-corrected chi connectivity index (χ4v) is 7.56. The lowest BCUT2D eigenvalue weighted by Crippen LogP contribution is -2.17. The highest BCUT2D eigenvalue weighted by Gasteiger charge is 2.23. The summed E-state index contributed by atoms with van der Waals surface area (Å²) in [6.07, 6.45) is -0.409. The Bertz CT molecular complexity index is 3050. The van der Waals surface area contributed by atoms with Gasteiger partial charge in [-0.2, -0.15) is 0 Å². The molecule has 0 fully saturated rings. The fourth-order valence-electron chi connectivity index (χ4n) is 7.56. The highest BCUT2D eigenvalue weighted by Crippen LogP contribution is 2.32. The molecule has 6 rings (SSSR count). The number of nitrogens with two attached hydrogens (primary N) is 4. The van der Waals surface area contributed by atoms with Gasteiger partial charge in [-0.1, -0.05) is 12.1 Å².